The first-order valence-corrected chi connectivity index (χ1v) is 8.99. The molecular formula is C17H32N2O. The van der Waals surface area contributed by atoms with Crippen molar-refractivity contribution in [1.29, 1.82) is 0 Å². The van der Waals surface area contributed by atoms with Crippen LogP contribution < -0.4 is 0 Å². The lowest BCUT2D eigenvalue weighted by atomic mass is 9.78. The zero-order valence-corrected chi connectivity index (χ0v) is 13.0. The maximum Gasteiger partial charge on any atom is 0.0583 e. The van der Waals surface area contributed by atoms with Crippen LogP contribution in [0.1, 0.15) is 57.8 Å². The van der Waals surface area contributed by atoms with Crippen LogP contribution in [0, 0.1) is 5.92 Å². The van der Waals surface area contributed by atoms with E-state index in [9.17, 15) is 5.11 Å². The predicted octanol–water partition coefficient (Wildman–Crippen LogP) is 2.49. The summed E-state index contributed by atoms with van der Waals surface area (Å²) in [7, 11) is 0. The van der Waals surface area contributed by atoms with Crippen molar-refractivity contribution in [2.24, 2.45) is 5.92 Å². The molecule has 0 bridgehead atoms. The van der Waals surface area contributed by atoms with Crippen molar-refractivity contribution in [2.75, 3.05) is 32.7 Å². The molecule has 3 fully saturated rings. The van der Waals surface area contributed by atoms with Crippen molar-refractivity contribution < 1.29 is 5.11 Å². The fourth-order valence-electron chi connectivity index (χ4n) is 4.64. The quantitative estimate of drug-likeness (QED) is 0.857. The van der Waals surface area contributed by atoms with E-state index >= 15 is 0 Å². The van der Waals surface area contributed by atoms with Crippen molar-refractivity contribution in [3.63, 3.8) is 0 Å². The molecule has 0 radical (unpaired) electrons. The van der Waals surface area contributed by atoms with Gasteiger partial charge < -0.3 is 10.0 Å². The molecule has 1 saturated carbocycles. The van der Waals surface area contributed by atoms with E-state index in [0.717, 1.165) is 6.42 Å². The van der Waals surface area contributed by atoms with E-state index in [1.54, 1.807) is 0 Å². The molecule has 20 heavy (non-hydrogen) atoms. The molecule has 0 aromatic rings. The Balaban J connectivity index is 1.55. The van der Waals surface area contributed by atoms with Gasteiger partial charge >= 0.3 is 0 Å². The first-order valence-electron chi connectivity index (χ1n) is 8.99. The molecule has 3 unspecified atom stereocenters. The summed E-state index contributed by atoms with van der Waals surface area (Å²) < 4.78 is 0. The number of hydrogen-bond acceptors (Lipinski definition) is 3. The molecule has 116 valence electrons. The van der Waals surface area contributed by atoms with Gasteiger partial charge in [-0.15, -0.1) is 0 Å². The molecule has 3 heteroatoms. The fourth-order valence-corrected chi connectivity index (χ4v) is 4.64. The molecule has 2 heterocycles. The summed E-state index contributed by atoms with van der Waals surface area (Å²) >= 11 is 0. The van der Waals surface area contributed by atoms with Crippen molar-refractivity contribution in [3.8, 4) is 0 Å². The maximum absolute atomic E-state index is 10.4. The fraction of sp³-hybridized carbons (Fsp3) is 1.00. The third-order valence-electron chi connectivity index (χ3n) is 5.84. The molecule has 3 aliphatic rings. The molecule has 0 aromatic heterocycles. The van der Waals surface area contributed by atoms with Gasteiger partial charge in [0.25, 0.3) is 0 Å². The lowest BCUT2D eigenvalue weighted by Gasteiger charge is -2.44. The van der Waals surface area contributed by atoms with E-state index in [0.29, 0.717) is 12.0 Å². The number of likely N-dealkylation sites (tertiary alicyclic amines) is 2. The molecule has 0 amide bonds. The average Bonchev–Trinajstić information content (AvgIpc) is 2.99. The highest BCUT2D eigenvalue weighted by Crippen LogP contribution is 2.33. The van der Waals surface area contributed by atoms with Crippen LogP contribution in [-0.4, -0.2) is 59.8 Å². The lowest BCUT2D eigenvalue weighted by Crippen LogP contribution is -2.50. The average molecular weight is 280 g/mol. The van der Waals surface area contributed by atoms with E-state index in [2.05, 4.69) is 9.80 Å². The van der Waals surface area contributed by atoms with Gasteiger partial charge in [0.2, 0.25) is 0 Å². The number of nitrogens with zero attached hydrogens (tertiary/aromatic N) is 2. The summed E-state index contributed by atoms with van der Waals surface area (Å²) in [6, 6.07) is 0.668. The van der Waals surface area contributed by atoms with Gasteiger partial charge in [-0.2, -0.15) is 0 Å². The zero-order chi connectivity index (χ0) is 13.8. The first kappa shape index (κ1) is 14.8. The number of aliphatic hydroxyl groups is 1. The summed E-state index contributed by atoms with van der Waals surface area (Å²) in [6.07, 6.45) is 11.7. The van der Waals surface area contributed by atoms with Gasteiger partial charge in [-0.25, -0.2) is 0 Å². The Morgan fingerprint density at radius 1 is 0.750 bits per heavy atom. The second kappa shape index (κ2) is 7.24. The Labute approximate surface area is 124 Å². The van der Waals surface area contributed by atoms with Crippen molar-refractivity contribution in [1.82, 2.24) is 9.80 Å². The molecule has 0 aromatic carbocycles. The Hall–Kier alpha value is -0.120. The Kier molecular flexibility index (Phi) is 5.36. The van der Waals surface area contributed by atoms with Gasteiger partial charge in [0.1, 0.15) is 0 Å². The number of rotatable bonds is 4. The van der Waals surface area contributed by atoms with Crippen LogP contribution in [0.3, 0.4) is 0 Å². The third kappa shape index (κ3) is 3.55. The van der Waals surface area contributed by atoms with Crippen LogP contribution in [0.15, 0.2) is 0 Å². The van der Waals surface area contributed by atoms with Crippen LogP contribution in [0.4, 0.5) is 0 Å². The summed E-state index contributed by atoms with van der Waals surface area (Å²) in [5.74, 6) is 0.558. The highest BCUT2D eigenvalue weighted by atomic mass is 16.3. The smallest absolute Gasteiger partial charge is 0.0583 e. The molecule has 1 N–H and O–H groups in total. The maximum atomic E-state index is 10.4. The second-order valence-electron chi connectivity index (χ2n) is 7.16. The van der Waals surface area contributed by atoms with Gasteiger partial charge in [-0.1, -0.05) is 19.3 Å². The van der Waals surface area contributed by atoms with Crippen LogP contribution in [0.5, 0.6) is 0 Å². The molecule has 3 atom stereocenters. The zero-order valence-electron chi connectivity index (χ0n) is 13.0. The number of piperidine rings is 1. The standard InChI is InChI=1S/C17H32N2O/c20-17-9-2-1-7-15(17)16-8-3-4-12-19(16)14-13-18-10-5-6-11-18/h15-17,20H,1-14H2. The lowest BCUT2D eigenvalue weighted by molar-refractivity contribution is -0.00762. The molecule has 2 saturated heterocycles. The third-order valence-corrected chi connectivity index (χ3v) is 5.84. The van der Waals surface area contributed by atoms with Crippen molar-refractivity contribution in [3.05, 3.63) is 0 Å². The van der Waals surface area contributed by atoms with Crippen LogP contribution >= 0.6 is 0 Å². The first-order chi connectivity index (χ1) is 9.84. The summed E-state index contributed by atoms with van der Waals surface area (Å²) in [4.78, 5) is 5.35. The van der Waals surface area contributed by atoms with Crippen LogP contribution in [0.2, 0.25) is 0 Å². The van der Waals surface area contributed by atoms with Crippen LogP contribution in [0.25, 0.3) is 0 Å². The Morgan fingerprint density at radius 2 is 1.45 bits per heavy atom. The number of aliphatic hydroxyl groups excluding tert-OH is 1. The summed E-state index contributed by atoms with van der Waals surface area (Å²) in [5.41, 5.74) is 0. The van der Waals surface area contributed by atoms with Crippen molar-refractivity contribution in [2.45, 2.75) is 69.9 Å². The minimum atomic E-state index is -0.0267. The largest absolute Gasteiger partial charge is 0.393 e. The second-order valence-corrected chi connectivity index (χ2v) is 7.16. The Bertz CT molecular complexity index is 291. The van der Waals surface area contributed by atoms with Gasteiger partial charge in [-0.3, -0.25) is 4.90 Å². The highest BCUT2D eigenvalue weighted by molar-refractivity contribution is 4.89. The van der Waals surface area contributed by atoms with E-state index in [4.69, 9.17) is 0 Å². The van der Waals surface area contributed by atoms with E-state index < -0.39 is 0 Å². The molecule has 1 aliphatic carbocycles. The van der Waals surface area contributed by atoms with E-state index in [-0.39, 0.29) is 6.10 Å². The van der Waals surface area contributed by atoms with E-state index in [1.807, 2.05) is 0 Å². The molecular weight excluding hydrogens is 248 g/mol. The number of hydrogen-bond donors (Lipinski definition) is 1. The topological polar surface area (TPSA) is 26.7 Å². The predicted molar refractivity (Wildman–Crippen MR) is 82.9 cm³/mol. The summed E-state index contributed by atoms with van der Waals surface area (Å²) in [5, 5.41) is 10.4. The van der Waals surface area contributed by atoms with Gasteiger partial charge in [0.15, 0.2) is 0 Å². The van der Waals surface area contributed by atoms with Gasteiger partial charge in [-0.05, 0) is 58.2 Å². The molecule has 3 nitrogen and oxygen atoms in total. The Morgan fingerprint density at radius 3 is 2.25 bits per heavy atom. The molecule has 2 aliphatic heterocycles. The normalized spacial score (nSPS) is 37.4. The highest BCUT2D eigenvalue weighted by Gasteiger charge is 2.35. The molecule has 3 rings (SSSR count). The summed E-state index contributed by atoms with van der Waals surface area (Å²) in [6.45, 7) is 6.37. The van der Waals surface area contributed by atoms with E-state index in [1.165, 1.54) is 84.1 Å². The van der Waals surface area contributed by atoms with Crippen LogP contribution in [-0.2, 0) is 0 Å². The van der Waals surface area contributed by atoms with Crippen molar-refractivity contribution >= 4 is 0 Å². The van der Waals surface area contributed by atoms with Gasteiger partial charge in [0, 0.05) is 25.0 Å². The molecule has 0 spiro atoms. The van der Waals surface area contributed by atoms with Gasteiger partial charge in [0.05, 0.1) is 6.10 Å². The minimum Gasteiger partial charge on any atom is -0.393 e. The SMILES string of the molecule is OC1CCCCC1C1CCCCN1CCN1CCCC1. The monoisotopic (exact) mass is 280 g/mol. The minimum absolute atomic E-state index is 0.0267.